The van der Waals surface area contributed by atoms with Crippen molar-refractivity contribution in [3.05, 3.63) is 78.4 Å². The number of esters is 1. The lowest BCUT2D eigenvalue weighted by molar-refractivity contribution is -0.148. The minimum absolute atomic E-state index is 0.0978. The van der Waals surface area contributed by atoms with Crippen molar-refractivity contribution in [2.75, 3.05) is 7.11 Å². The van der Waals surface area contributed by atoms with E-state index in [-0.39, 0.29) is 12.1 Å². The minimum atomic E-state index is -0.248. The van der Waals surface area contributed by atoms with Gasteiger partial charge in [-0.15, -0.1) is 0 Å². The largest absolute Gasteiger partial charge is 0.497 e. The Hall–Kier alpha value is -3.07. The van der Waals surface area contributed by atoms with Gasteiger partial charge >= 0.3 is 5.97 Å². The molecule has 0 N–H and O–H groups in total. The van der Waals surface area contributed by atoms with Gasteiger partial charge in [0.1, 0.15) is 11.9 Å². The number of carbonyl (C=O) groups is 1. The molecular formula is C33H42O3. The van der Waals surface area contributed by atoms with Crippen molar-refractivity contribution in [1.29, 1.82) is 0 Å². The maximum atomic E-state index is 12.3. The van der Waals surface area contributed by atoms with E-state index >= 15 is 0 Å². The second-order valence-corrected chi connectivity index (χ2v) is 9.61. The summed E-state index contributed by atoms with van der Waals surface area (Å²) >= 11 is 0. The Morgan fingerprint density at radius 2 is 1.19 bits per heavy atom. The van der Waals surface area contributed by atoms with Crippen molar-refractivity contribution in [2.24, 2.45) is 0 Å². The molecule has 192 valence electrons. The number of benzene rings is 3. The molecule has 3 nitrogen and oxygen atoms in total. The lowest BCUT2D eigenvalue weighted by Crippen LogP contribution is -2.08. The van der Waals surface area contributed by atoms with Crippen molar-refractivity contribution >= 4 is 5.97 Å². The summed E-state index contributed by atoms with van der Waals surface area (Å²) < 4.78 is 11.0. The predicted octanol–water partition coefficient (Wildman–Crippen LogP) is 9.55. The zero-order valence-electron chi connectivity index (χ0n) is 22.3. The van der Waals surface area contributed by atoms with Gasteiger partial charge < -0.3 is 9.47 Å². The zero-order chi connectivity index (χ0) is 25.6. The molecule has 0 aliphatic carbocycles. The van der Waals surface area contributed by atoms with Crippen LogP contribution in [0.4, 0.5) is 0 Å². The standard InChI is InChI=1S/C33H42O3/c1-4-5-6-7-8-9-10-11-12-17-33(34)36-26(2)27-18-20-28(21-19-27)31-15-13-14-16-32(31)29-22-24-30(35-3)25-23-29/h13-16,18-26H,4-12,17H2,1-3H3. The molecule has 0 aromatic heterocycles. The van der Waals surface area contributed by atoms with E-state index in [0.717, 1.165) is 35.3 Å². The fourth-order valence-corrected chi connectivity index (χ4v) is 4.59. The highest BCUT2D eigenvalue weighted by atomic mass is 16.5. The quantitative estimate of drug-likeness (QED) is 0.158. The molecule has 0 fully saturated rings. The van der Waals surface area contributed by atoms with Gasteiger partial charge in [-0.05, 0) is 53.3 Å². The van der Waals surface area contributed by atoms with Crippen LogP contribution in [0.1, 0.15) is 89.7 Å². The SMILES string of the molecule is CCCCCCCCCCCC(=O)OC(C)c1ccc(-c2ccccc2-c2ccc(OC)cc2)cc1. The van der Waals surface area contributed by atoms with Gasteiger partial charge in [0.25, 0.3) is 0 Å². The Balaban J connectivity index is 1.49. The monoisotopic (exact) mass is 486 g/mol. The molecule has 0 bridgehead atoms. The van der Waals surface area contributed by atoms with Gasteiger partial charge in [0.15, 0.2) is 0 Å². The summed E-state index contributed by atoms with van der Waals surface area (Å²) in [5.41, 5.74) is 5.64. The van der Waals surface area contributed by atoms with Gasteiger partial charge in [0, 0.05) is 6.42 Å². The van der Waals surface area contributed by atoms with Crippen molar-refractivity contribution in [2.45, 2.75) is 84.2 Å². The van der Waals surface area contributed by atoms with Crippen molar-refractivity contribution < 1.29 is 14.3 Å². The first-order valence-electron chi connectivity index (χ1n) is 13.7. The molecule has 3 aromatic rings. The molecule has 0 saturated carbocycles. The third-order valence-corrected chi connectivity index (χ3v) is 6.81. The lowest BCUT2D eigenvalue weighted by atomic mass is 9.94. The number of unbranched alkanes of at least 4 members (excludes halogenated alkanes) is 8. The first kappa shape index (κ1) is 27.5. The Kier molecular flexibility index (Phi) is 11.6. The van der Waals surface area contributed by atoms with E-state index in [0.29, 0.717) is 6.42 Å². The van der Waals surface area contributed by atoms with E-state index < -0.39 is 0 Å². The van der Waals surface area contributed by atoms with Gasteiger partial charge in [-0.25, -0.2) is 0 Å². The van der Waals surface area contributed by atoms with Crippen LogP contribution in [0.25, 0.3) is 22.3 Å². The smallest absolute Gasteiger partial charge is 0.306 e. The van der Waals surface area contributed by atoms with Crippen LogP contribution in [-0.4, -0.2) is 13.1 Å². The first-order valence-corrected chi connectivity index (χ1v) is 13.7. The Morgan fingerprint density at radius 3 is 1.72 bits per heavy atom. The summed E-state index contributed by atoms with van der Waals surface area (Å²) in [4.78, 5) is 12.3. The van der Waals surface area contributed by atoms with Crippen LogP contribution in [0.5, 0.6) is 5.75 Å². The van der Waals surface area contributed by atoms with Crippen LogP contribution in [0.2, 0.25) is 0 Å². The van der Waals surface area contributed by atoms with E-state index in [1.54, 1.807) is 7.11 Å². The summed E-state index contributed by atoms with van der Waals surface area (Å²) in [5, 5.41) is 0. The molecule has 0 saturated heterocycles. The van der Waals surface area contributed by atoms with Gasteiger partial charge in [0.05, 0.1) is 7.11 Å². The fourth-order valence-electron chi connectivity index (χ4n) is 4.59. The number of carbonyl (C=O) groups excluding carboxylic acids is 1. The maximum Gasteiger partial charge on any atom is 0.306 e. The van der Waals surface area contributed by atoms with Crippen LogP contribution >= 0.6 is 0 Å². The fraction of sp³-hybridized carbons (Fsp3) is 0.424. The maximum absolute atomic E-state index is 12.3. The molecule has 0 amide bonds. The first-order chi connectivity index (χ1) is 17.6. The number of hydrogen-bond acceptors (Lipinski definition) is 3. The molecule has 0 spiro atoms. The number of hydrogen-bond donors (Lipinski definition) is 0. The molecule has 1 unspecified atom stereocenters. The minimum Gasteiger partial charge on any atom is -0.497 e. The molecule has 3 aromatic carbocycles. The average molecular weight is 487 g/mol. The van der Waals surface area contributed by atoms with Gasteiger partial charge in [-0.3, -0.25) is 4.79 Å². The third-order valence-electron chi connectivity index (χ3n) is 6.81. The molecule has 0 radical (unpaired) electrons. The predicted molar refractivity (Wildman–Crippen MR) is 150 cm³/mol. The summed E-state index contributed by atoms with van der Waals surface area (Å²) in [7, 11) is 1.68. The van der Waals surface area contributed by atoms with Crippen LogP contribution in [0.3, 0.4) is 0 Å². The van der Waals surface area contributed by atoms with E-state index in [9.17, 15) is 4.79 Å². The lowest BCUT2D eigenvalue weighted by Gasteiger charge is -2.15. The highest BCUT2D eigenvalue weighted by molar-refractivity contribution is 5.83. The normalized spacial score (nSPS) is 11.8. The summed E-state index contributed by atoms with van der Waals surface area (Å²) in [6, 6.07) is 24.9. The van der Waals surface area contributed by atoms with Crippen molar-refractivity contribution in [3.8, 4) is 28.0 Å². The molecule has 0 heterocycles. The number of methoxy groups -OCH3 is 1. The van der Waals surface area contributed by atoms with Gasteiger partial charge in [-0.2, -0.15) is 0 Å². The van der Waals surface area contributed by atoms with E-state index in [1.165, 1.54) is 56.1 Å². The van der Waals surface area contributed by atoms with Crippen molar-refractivity contribution in [3.63, 3.8) is 0 Å². The van der Waals surface area contributed by atoms with Crippen LogP contribution in [0.15, 0.2) is 72.8 Å². The van der Waals surface area contributed by atoms with E-state index in [2.05, 4.69) is 67.6 Å². The molecule has 3 rings (SSSR count). The zero-order valence-corrected chi connectivity index (χ0v) is 22.3. The molecule has 0 aliphatic heterocycles. The molecule has 3 heteroatoms. The highest BCUT2D eigenvalue weighted by Crippen LogP contribution is 2.33. The Labute approximate surface area is 217 Å². The van der Waals surface area contributed by atoms with E-state index in [1.807, 2.05) is 19.1 Å². The second kappa shape index (κ2) is 15.1. The summed E-state index contributed by atoms with van der Waals surface area (Å²) in [6.07, 6.45) is 11.5. The average Bonchev–Trinajstić information content (AvgIpc) is 2.92. The Morgan fingerprint density at radius 1 is 0.694 bits per heavy atom. The Bertz CT molecular complexity index is 1040. The molecule has 36 heavy (non-hydrogen) atoms. The summed E-state index contributed by atoms with van der Waals surface area (Å²) in [5.74, 6) is 0.751. The molecule has 1 atom stereocenters. The van der Waals surface area contributed by atoms with Crippen LogP contribution in [-0.2, 0) is 9.53 Å². The van der Waals surface area contributed by atoms with Crippen molar-refractivity contribution in [1.82, 2.24) is 0 Å². The number of ether oxygens (including phenoxy) is 2. The summed E-state index contributed by atoms with van der Waals surface area (Å²) in [6.45, 7) is 4.20. The number of rotatable bonds is 15. The van der Waals surface area contributed by atoms with Crippen LogP contribution in [0, 0.1) is 0 Å². The molecular weight excluding hydrogens is 444 g/mol. The third kappa shape index (κ3) is 8.55. The topological polar surface area (TPSA) is 35.5 Å². The van der Waals surface area contributed by atoms with Gasteiger partial charge in [0.2, 0.25) is 0 Å². The second-order valence-electron chi connectivity index (χ2n) is 9.61. The van der Waals surface area contributed by atoms with E-state index in [4.69, 9.17) is 9.47 Å². The molecule has 0 aliphatic rings. The van der Waals surface area contributed by atoms with Crippen LogP contribution < -0.4 is 4.74 Å². The highest BCUT2D eigenvalue weighted by Gasteiger charge is 2.13. The van der Waals surface area contributed by atoms with Gasteiger partial charge in [-0.1, -0.05) is 119 Å².